The number of sulfonamides is 1. The average Bonchev–Trinajstić information content (AvgIpc) is 2.84. The van der Waals surface area contributed by atoms with Gasteiger partial charge in [-0.15, -0.1) is 0 Å². The van der Waals surface area contributed by atoms with Gasteiger partial charge in [0, 0.05) is 26.2 Å². The van der Waals surface area contributed by atoms with Crippen LogP contribution in [0.3, 0.4) is 0 Å². The fourth-order valence-corrected chi connectivity index (χ4v) is 5.24. The number of piperazine rings is 1. The molecule has 1 fully saturated rings. The highest BCUT2D eigenvalue weighted by Crippen LogP contribution is 2.23. The van der Waals surface area contributed by atoms with E-state index in [9.17, 15) is 17.6 Å². The molecule has 0 saturated carbocycles. The van der Waals surface area contributed by atoms with Crippen molar-refractivity contribution >= 4 is 15.9 Å². The van der Waals surface area contributed by atoms with Crippen LogP contribution < -0.4 is 4.74 Å². The number of nitrogens with zero attached hydrogens (tertiary/aromatic N) is 2. The zero-order chi connectivity index (χ0) is 23.3. The number of rotatable bonds is 7. The van der Waals surface area contributed by atoms with Crippen LogP contribution in [0.1, 0.15) is 21.5 Å². The maximum absolute atomic E-state index is 13.2. The molecule has 0 bridgehead atoms. The third kappa shape index (κ3) is 5.77. The van der Waals surface area contributed by atoms with Crippen LogP contribution in [-0.4, -0.2) is 49.7 Å². The van der Waals surface area contributed by atoms with Gasteiger partial charge < -0.3 is 9.64 Å². The van der Waals surface area contributed by atoms with Crippen LogP contribution in [0.15, 0.2) is 78.9 Å². The van der Waals surface area contributed by atoms with Crippen LogP contribution in [0.2, 0.25) is 0 Å². The molecule has 1 heterocycles. The van der Waals surface area contributed by atoms with Crippen LogP contribution in [-0.2, 0) is 22.4 Å². The van der Waals surface area contributed by atoms with Crippen molar-refractivity contribution in [2.24, 2.45) is 0 Å². The van der Waals surface area contributed by atoms with E-state index in [0.717, 1.165) is 11.1 Å². The Bertz CT molecular complexity index is 1190. The number of halogens is 1. The van der Waals surface area contributed by atoms with E-state index in [4.69, 9.17) is 4.74 Å². The average molecular weight is 469 g/mol. The molecule has 1 aliphatic rings. The van der Waals surface area contributed by atoms with Crippen LogP contribution in [0.5, 0.6) is 5.75 Å². The van der Waals surface area contributed by atoms with Crippen molar-refractivity contribution in [3.63, 3.8) is 0 Å². The molecule has 0 spiro atoms. The van der Waals surface area contributed by atoms with Gasteiger partial charge in [-0.05, 0) is 35.4 Å². The molecule has 33 heavy (non-hydrogen) atoms. The normalized spacial score (nSPS) is 14.8. The van der Waals surface area contributed by atoms with Crippen LogP contribution in [0.25, 0.3) is 0 Å². The maximum atomic E-state index is 13.2. The highest BCUT2D eigenvalue weighted by Gasteiger charge is 2.30. The first-order valence-corrected chi connectivity index (χ1v) is 12.3. The standard InChI is InChI=1S/C25H25FN2O4S/c26-22-12-10-20(11-13-22)18-32-24-9-5-4-8-23(24)25(29)27-14-16-28(17-15-27)33(30,31)19-21-6-2-1-3-7-21/h1-13H,14-19H2. The number of amides is 1. The summed E-state index contributed by atoms with van der Waals surface area (Å²) in [6, 6.07) is 22.0. The number of benzene rings is 3. The minimum absolute atomic E-state index is 0.0537. The number of hydrogen-bond acceptors (Lipinski definition) is 4. The summed E-state index contributed by atoms with van der Waals surface area (Å²) in [7, 11) is -3.46. The third-order valence-corrected chi connectivity index (χ3v) is 7.39. The molecule has 3 aromatic rings. The first kappa shape index (κ1) is 22.9. The van der Waals surface area contributed by atoms with Gasteiger partial charge in [0.25, 0.3) is 5.91 Å². The fraction of sp³-hybridized carbons (Fsp3) is 0.240. The van der Waals surface area contributed by atoms with Crippen molar-refractivity contribution < 1.29 is 22.3 Å². The Morgan fingerprint density at radius 2 is 1.45 bits per heavy atom. The molecule has 3 aromatic carbocycles. The quantitative estimate of drug-likeness (QED) is 0.531. The Kier molecular flexibility index (Phi) is 7.05. The minimum atomic E-state index is -3.46. The molecule has 0 aliphatic carbocycles. The molecule has 1 aliphatic heterocycles. The van der Waals surface area contributed by atoms with Crippen LogP contribution >= 0.6 is 0 Å². The zero-order valence-corrected chi connectivity index (χ0v) is 18.9. The van der Waals surface area contributed by atoms with E-state index in [-0.39, 0.29) is 37.2 Å². The summed E-state index contributed by atoms with van der Waals surface area (Å²) < 4.78 is 45.9. The highest BCUT2D eigenvalue weighted by atomic mass is 32.2. The lowest BCUT2D eigenvalue weighted by molar-refractivity contribution is 0.0693. The van der Waals surface area contributed by atoms with Crippen LogP contribution in [0.4, 0.5) is 4.39 Å². The first-order valence-electron chi connectivity index (χ1n) is 10.7. The Balaban J connectivity index is 1.38. The van der Waals surface area contributed by atoms with Crippen molar-refractivity contribution in [3.05, 3.63) is 101 Å². The Hall–Kier alpha value is -3.23. The summed E-state index contributed by atoms with van der Waals surface area (Å²) in [5, 5.41) is 0. The van der Waals surface area contributed by atoms with Gasteiger partial charge in [-0.1, -0.05) is 54.6 Å². The molecule has 0 radical (unpaired) electrons. The lowest BCUT2D eigenvalue weighted by Gasteiger charge is -2.34. The zero-order valence-electron chi connectivity index (χ0n) is 18.1. The van der Waals surface area contributed by atoms with Gasteiger partial charge in [0.2, 0.25) is 10.0 Å². The third-order valence-electron chi connectivity index (χ3n) is 5.54. The second-order valence-corrected chi connectivity index (χ2v) is 9.81. The number of carbonyl (C=O) groups is 1. The van der Waals surface area contributed by atoms with E-state index in [1.165, 1.54) is 16.4 Å². The molecule has 6 nitrogen and oxygen atoms in total. The van der Waals surface area contributed by atoms with Gasteiger partial charge in [-0.25, -0.2) is 12.8 Å². The van der Waals surface area contributed by atoms with Gasteiger partial charge >= 0.3 is 0 Å². The highest BCUT2D eigenvalue weighted by molar-refractivity contribution is 7.88. The molecule has 172 valence electrons. The molecule has 1 saturated heterocycles. The number of para-hydroxylation sites is 1. The van der Waals surface area contributed by atoms with Crippen molar-refractivity contribution in [3.8, 4) is 5.75 Å². The summed E-state index contributed by atoms with van der Waals surface area (Å²) in [6.07, 6.45) is 0. The van der Waals surface area contributed by atoms with Gasteiger partial charge in [-0.2, -0.15) is 4.31 Å². The van der Waals surface area contributed by atoms with Gasteiger partial charge in [-0.3, -0.25) is 4.79 Å². The second kappa shape index (κ2) is 10.1. The molecular formula is C25H25FN2O4S. The molecule has 4 rings (SSSR count). The predicted octanol–water partition coefficient (Wildman–Crippen LogP) is 3.69. The molecule has 0 atom stereocenters. The van der Waals surface area contributed by atoms with Gasteiger partial charge in [0.15, 0.2) is 0 Å². The second-order valence-electron chi connectivity index (χ2n) is 7.84. The van der Waals surface area contributed by atoms with E-state index in [1.807, 2.05) is 18.2 Å². The lowest BCUT2D eigenvalue weighted by atomic mass is 10.1. The summed E-state index contributed by atoms with van der Waals surface area (Å²) >= 11 is 0. The van der Waals surface area contributed by atoms with E-state index < -0.39 is 10.0 Å². The van der Waals surface area contributed by atoms with Crippen molar-refractivity contribution in [1.29, 1.82) is 0 Å². The van der Waals surface area contributed by atoms with Crippen LogP contribution in [0, 0.1) is 5.82 Å². The minimum Gasteiger partial charge on any atom is -0.488 e. The Morgan fingerprint density at radius 3 is 2.15 bits per heavy atom. The SMILES string of the molecule is O=C(c1ccccc1OCc1ccc(F)cc1)N1CCN(S(=O)(=O)Cc2ccccc2)CC1. The van der Waals surface area contributed by atoms with Crippen molar-refractivity contribution in [2.75, 3.05) is 26.2 Å². The maximum Gasteiger partial charge on any atom is 0.257 e. The molecule has 8 heteroatoms. The molecule has 1 amide bonds. The van der Waals surface area contributed by atoms with E-state index in [2.05, 4.69) is 0 Å². The van der Waals surface area contributed by atoms with E-state index in [0.29, 0.717) is 24.4 Å². The van der Waals surface area contributed by atoms with E-state index >= 15 is 0 Å². The molecular weight excluding hydrogens is 443 g/mol. The molecule has 0 N–H and O–H groups in total. The summed E-state index contributed by atoms with van der Waals surface area (Å²) in [4.78, 5) is 14.8. The number of carbonyl (C=O) groups excluding carboxylic acids is 1. The van der Waals surface area contributed by atoms with Gasteiger partial charge in [0.1, 0.15) is 18.2 Å². The Morgan fingerprint density at radius 1 is 0.818 bits per heavy atom. The van der Waals surface area contributed by atoms with Crippen molar-refractivity contribution in [1.82, 2.24) is 9.21 Å². The number of ether oxygens (including phenoxy) is 1. The van der Waals surface area contributed by atoms with E-state index in [1.54, 1.807) is 53.4 Å². The lowest BCUT2D eigenvalue weighted by Crippen LogP contribution is -2.50. The molecule has 0 unspecified atom stereocenters. The Labute approximate surface area is 193 Å². The summed E-state index contributed by atoms with van der Waals surface area (Å²) in [6.45, 7) is 1.31. The summed E-state index contributed by atoms with van der Waals surface area (Å²) in [5.41, 5.74) is 1.94. The van der Waals surface area contributed by atoms with Gasteiger partial charge in [0.05, 0.1) is 11.3 Å². The van der Waals surface area contributed by atoms with Crippen molar-refractivity contribution in [2.45, 2.75) is 12.4 Å². The topological polar surface area (TPSA) is 66.9 Å². The molecule has 0 aromatic heterocycles. The fourth-order valence-electron chi connectivity index (χ4n) is 3.73. The summed E-state index contributed by atoms with van der Waals surface area (Å²) in [5.74, 6) is -0.142. The predicted molar refractivity (Wildman–Crippen MR) is 124 cm³/mol. The smallest absolute Gasteiger partial charge is 0.257 e. The number of hydrogen-bond donors (Lipinski definition) is 0. The first-order chi connectivity index (χ1) is 15.9. The monoisotopic (exact) mass is 468 g/mol. The largest absolute Gasteiger partial charge is 0.488 e.